The summed E-state index contributed by atoms with van der Waals surface area (Å²) in [6.07, 6.45) is 4.73. The molecule has 0 aromatic rings. The molecule has 18 heavy (non-hydrogen) atoms. The molecule has 5 heteroatoms. The molecule has 3 rings (SSSR count). The molecule has 0 radical (unpaired) electrons. The summed E-state index contributed by atoms with van der Waals surface area (Å²) in [5.74, 6) is 0.384. The van der Waals surface area contributed by atoms with E-state index in [4.69, 9.17) is 0 Å². The zero-order chi connectivity index (χ0) is 12.6. The van der Waals surface area contributed by atoms with Crippen molar-refractivity contribution in [1.82, 2.24) is 15.5 Å². The monoisotopic (exact) mass is 251 g/mol. The fourth-order valence-electron chi connectivity index (χ4n) is 3.55. The van der Waals surface area contributed by atoms with Gasteiger partial charge in [0.15, 0.2) is 0 Å². The number of hydrogen-bond donors (Lipinski definition) is 2. The third-order valence-electron chi connectivity index (χ3n) is 4.53. The maximum Gasteiger partial charge on any atom is 0.239 e. The van der Waals surface area contributed by atoms with Crippen LogP contribution in [0.2, 0.25) is 0 Å². The number of rotatable bonds is 1. The average molecular weight is 251 g/mol. The third kappa shape index (κ3) is 2.11. The van der Waals surface area contributed by atoms with Crippen LogP contribution in [0.1, 0.15) is 32.1 Å². The van der Waals surface area contributed by atoms with Crippen LogP contribution in [0.4, 0.5) is 0 Å². The van der Waals surface area contributed by atoms with E-state index in [9.17, 15) is 9.59 Å². The Bertz CT molecular complexity index is 365. The lowest BCUT2D eigenvalue weighted by atomic mass is 9.79. The largest absolute Gasteiger partial charge is 0.355 e. The highest BCUT2D eigenvalue weighted by Gasteiger charge is 2.43. The second-order valence-electron chi connectivity index (χ2n) is 5.97. The molecule has 2 atom stereocenters. The Morgan fingerprint density at radius 3 is 2.94 bits per heavy atom. The molecule has 0 aromatic carbocycles. The van der Waals surface area contributed by atoms with Crippen LogP contribution in [0.3, 0.4) is 0 Å². The van der Waals surface area contributed by atoms with Crippen molar-refractivity contribution in [2.75, 3.05) is 26.2 Å². The van der Waals surface area contributed by atoms with Gasteiger partial charge in [-0.05, 0) is 32.2 Å². The lowest BCUT2D eigenvalue weighted by Crippen LogP contribution is -2.51. The van der Waals surface area contributed by atoms with Crippen LogP contribution in [0.15, 0.2) is 0 Å². The van der Waals surface area contributed by atoms with Crippen molar-refractivity contribution in [2.45, 2.75) is 38.1 Å². The molecule has 0 saturated carbocycles. The Hall–Kier alpha value is -1.10. The van der Waals surface area contributed by atoms with E-state index in [0.717, 1.165) is 51.9 Å². The van der Waals surface area contributed by atoms with Crippen molar-refractivity contribution >= 4 is 11.8 Å². The first-order valence-electron chi connectivity index (χ1n) is 6.97. The van der Waals surface area contributed by atoms with Crippen molar-refractivity contribution in [3.05, 3.63) is 0 Å². The Balaban J connectivity index is 1.66. The molecule has 2 unspecified atom stereocenters. The van der Waals surface area contributed by atoms with E-state index in [1.807, 2.05) is 4.90 Å². The van der Waals surface area contributed by atoms with Crippen molar-refractivity contribution < 1.29 is 9.59 Å². The van der Waals surface area contributed by atoms with Gasteiger partial charge in [0.25, 0.3) is 0 Å². The molecule has 0 aliphatic carbocycles. The SMILES string of the molecule is O=C1CC2(CCCN(C(=O)C3CCCN3)C2)CN1. The summed E-state index contributed by atoms with van der Waals surface area (Å²) in [5, 5.41) is 6.18. The van der Waals surface area contributed by atoms with Gasteiger partial charge in [-0.25, -0.2) is 0 Å². The van der Waals surface area contributed by atoms with Gasteiger partial charge in [0.2, 0.25) is 11.8 Å². The fraction of sp³-hybridized carbons (Fsp3) is 0.846. The molecule has 3 saturated heterocycles. The van der Waals surface area contributed by atoms with Crippen LogP contribution < -0.4 is 10.6 Å². The summed E-state index contributed by atoms with van der Waals surface area (Å²) in [4.78, 5) is 25.8. The summed E-state index contributed by atoms with van der Waals surface area (Å²) < 4.78 is 0. The van der Waals surface area contributed by atoms with Gasteiger partial charge in [-0.15, -0.1) is 0 Å². The van der Waals surface area contributed by atoms with Crippen molar-refractivity contribution in [3.63, 3.8) is 0 Å². The maximum absolute atomic E-state index is 12.4. The molecule has 0 aromatic heterocycles. The van der Waals surface area contributed by atoms with Gasteiger partial charge in [0.1, 0.15) is 0 Å². The van der Waals surface area contributed by atoms with Crippen molar-refractivity contribution in [3.8, 4) is 0 Å². The van der Waals surface area contributed by atoms with Crippen LogP contribution in [0, 0.1) is 5.41 Å². The van der Waals surface area contributed by atoms with Gasteiger partial charge in [0, 0.05) is 31.5 Å². The van der Waals surface area contributed by atoms with E-state index in [1.165, 1.54) is 0 Å². The van der Waals surface area contributed by atoms with Gasteiger partial charge in [-0.2, -0.15) is 0 Å². The van der Waals surface area contributed by atoms with E-state index in [-0.39, 0.29) is 23.3 Å². The van der Waals surface area contributed by atoms with Gasteiger partial charge in [-0.1, -0.05) is 0 Å². The Kier molecular flexibility index (Phi) is 3.01. The molecular formula is C13H21N3O2. The molecule has 0 bridgehead atoms. The van der Waals surface area contributed by atoms with Crippen LogP contribution in [-0.4, -0.2) is 48.9 Å². The highest BCUT2D eigenvalue weighted by molar-refractivity contribution is 5.83. The number of hydrogen-bond acceptors (Lipinski definition) is 3. The molecule has 3 aliphatic rings. The summed E-state index contributed by atoms with van der Waals surface area (Å²) in [6, 6.07) is 0.0187. The van der Waals surface area contributed by atoms with Crippen molar-refractivity contribution in [2.24, 2.45) is 5.41 Å². The van der Waals surface area contributed by atoms with Gasteiger partial charge < -0.3 is 15.5 Å². The van der Waals surface area contributed by atoms with Crippen LogP contribution >= 0.6 is 0 Å². The second kappa shape index (κ2) is 4.53. The zero-order valence-corrected chi connectivity index (χ0v) is 10.7. The summed E-state index contributed by atoms with van der Waals surface area (Å²) >= 11 is 0. The smallest absolute Gasteiger partial charge is 0.239 e. The van der Waals surface area contributed by atoms with Crippen LogP contribution in [-0.2, 0) is 9.59 Å². The fourth-order valence-corrected chi connectivity index (χ4v) is 3.55. The lowest BCUT2D eigenvalue weighted by molar-refractivity contribution is -0.136. The number of nitrogens with zero attached hydrogens (tertiary/aromatic N) is 1. The van der Waals surface area contributed by atoms with Crippen LogP contribution in [0.25, 0.3) is 0 Å². The molecule has 1 spiro atoms. The molecule has 2 N–H and O–H groups in total. The highest BCUT2D eigenvalue weighted by Crippen LogP contribution is 2.36. The van der Waals surface area contributed by atoms with Crippen molar-refractivity contribution in [1.29, 1.82) is 0 Å². The molecule has 2 amide bonds. The van der Waals surface area contributed by atoms with Gasteiger partial charge >= 0.3 is 0 Å². The second-order valence-corrected chi connectivity index (χ2v) is 5.97. The van der Waals surface area contributed by atoms with E-state index in [2.05, 4.69) is 10.6 Å². The van der Waals surface area contributed by atoms with E-state index < -0.39 is 0 Å². The first-order chi connectivity index (χ1) is 8.69. The van der Waals surface area contributed by atoms with E-state index in [0.29, 0.717) is 6.42 Å². The first kappa shape index (κ1) is 12.0. The number of nitrogens with one attached hydrogen (secondary N) is 2. The minimum Gasteiger partial charge on any atom is -0.355 e. The Morgan fingerprint density at radius 1 is 1.39 bits per heavy atom. The minimum absolute atomic E-state index is 0.0175. The van der Waals surface area contributed by atoms with E-state index in [1.54, 1.807) is 0 Å². The van der Waals surface area contributed by atoms with Gasteiger partial charge in [-0.3, -0.25) is 9.59 Å². The topological polar surface area (TPSA) is 61.4 Å². The van der Waals surface area contributed by atoms with Crippen LogP contribution in [0.5, 0.6) is 0 Å². The molecule has 100 valence electrons. The third-order valence-corrected chi connectivity index (χ3v) is 4.53. The Labute approximate surface area is 107 Å². The first-order valence-corrected chi connectivity index (χ1v) is 6.97. The zero-order valence-electron chi connectivity index (χ0n) is 10.7. The number of carbonyl (C=O) groups excluding carboxylic acids is 2. The number of likely N-dealkylation sites (tertiary alicyclic amines) is 1. The normalized spacial score (nSPS) is 36.1. The predicted molar refractivity (Wildman–Crippen MR) is 66.9 cm³/mol. The maximum atomic E-state index is 12.4. The minimum atomic E-state index is 0.0175. The summed E-state index contributed by atoms with van der Waals surface area (Å²) in [5.41, 5.74) is 0.0175. The van der Waals surface area contributed by atoms with Gasteiger partial charge in [0.05, 0.1) is 6.04 Å². The summed E-state index contributed by atoms with van der Waals surface area (Å²) in [7, 11) is 0. The Morgan fingerprint density at radius 2 is 2.28 bits per heavy atom. The predicted octanol–water partition coefficient (Wildman–Crippen LogP) is -0.133. The number of carbonyl (C=O) groups is 2. The molecular weight excluding hydrogens is 230 g/mol. The highest BCUT2D eigenvalue weighted by atomic mass is 16.2. The molecule has 5 nitrogen and oxygen atoms in total. The lowest BCUT2D eigenvalue weighted by Gasteiger charge is -2.40. The molecule has 3 aliphatic heterocycles. The molecule has 3 fully saturated rings. The number of amides is 2. The molecule has 3 heterocycles. The quantitative estimate of drug-likeness (QED) is 0.682. The number of piperidine rings is 1. The average Bonchev–Trinajstić information content (AvgIpc) is 2.99. The standard InChI is InChI=1S/C13H21N3O2/c17-11-7-13(8-15-11)4-2-6-16(9-13)12(18)10-3-1-5-14-10/h10,14H,1-9H2,(H,15,17). The van der Waals surface area contributed by atoms with E-state index >= 15 is 0 Å². The summed E-state index contributed by atoms with van der Waals surface area (Å²) in [6.45, 7) is 3.30.